The normalized spacial score (nSPS) is 22.0. The third-order valence-corrected chi connectivity index (χ3v) is 4.88. The predicted molar refractivity (Wildman–Crippen MR) is 86.9 cm³/mol. The molecule has 0 bridgehead atoms. The highest BCUT2D eigenvalue weighted by Gasteiger charge is 2.24. The van der Waals surface area contributed by atoms with Gasteiger partial charge in [-0.2, -0.15) is 0 Å². The Labute approximate surface area is 132 Å². The Balaban J connectivity index is 1.56. The molecule has 1 aromatic rings. The minimum atomic E-state index is 0.0807. The van der Waals surface area contributed by atoms with Crippen molar-refractivity contribution >= 4 is 5.91 Å². The molecule has 0 saturated heterocycles. The molecule has 1 aliphatic carbocycles. The SMILES string of the molecule is CN(CC(=O)NC1CCOc2ccccc21)C1CCCCC1. The molecule has 1 heterocycles. The van der Waals surface area contributed by atoms with Crippen LogP contribution in [0.3, 0.4) is 0 Å². The fourth-order valence-corrected chi connectivity index (χ4v) is 3.61. The minimum Gasteiger partial charge on any atom is -0.493 e. The van der Waals surface area contributed by atoms with Crippen LogP contribution in [0, 0.1) is 0 Å². The van der Waals surface area contributed by atoms with Gasteiger partial charge in [-0.25, -0.2) is 0 Å². The number of carbonyl (C=O) groups is 1. The van der Waals surface area contributed by atoms with Crippen molar-refractivity contribution in [2.24, 2.45) is 0 Å². The molecule has 1 saturated carbocycles. The van der Waals surface area contributed by atoms with Crippen LogP contribution >= 0.6 is 0 Å². The molecule has 4 nitrogen and oxygen atoms in total. The molecule has 22 heavy (non-hydrogen) atoms. The first-order chi connectivity index (χ1) is 10.7. The zero-order chi connectivity index (χ0) is 15.4. The summed E-state index contributed by atoms with van der Waals surface area (Å²) >= 11 is 0. The summed E-state index contributed by atoms with van der Waals surface area (Å²) < 4.78 is 5.65. The van der Waals surface area contributed by atoms with E-state index in [2.05, 4.69) is 17.3 Å². The number of carbonyl (C=O) groups excluding carboxylic acids is 1. The highest BCUT2D eigenvalue weighted by Crippen LogP contribution is 2.31. The van der Waals surface area contributed by atoms with Gasteiger partial charge in [0.05, 0.1) is 19.2 Å². The number of hydrogen-bond acceptors (Lipinski definition) is 3. The molecule has 1 N–H and O–H groups in total. The van der Waals surface area contributed by atoms with Crippen LogP contribution in [0.1, 0.15) is 50.1 Å². The third kappa shape index (κ3) is 3.61. The lowest BCUT2D eigenvalue weighted by molar-refractivity contribution is -0.123. The van der Waals surface area contributed by atoms with E-state index in [0.717, 1.165) is 17.7 Å². The number of nitrogens with zero attached hydrogens (tertiary/aromatic N) is 1. The van der Waals surface area contributed by atoms with Crippen molar-refractivity contribution in [3.05, 3.63) is 29.8 Å². The molecule has 4 heteroatoms. The van der Waals surface area contributed by atoms with E-state index < -0.39 is 0 Å². The minimum absolute atomic E-state index is 0.0807. The van der Waals surface area contributed by atoms with E-state index in [0.29, 0.717) is 19.2 Å². The molecule has 0 aromatic heterocycles. The lowest BCUT2D eigenvalue weighted by Gasteiger charge is -2.32. The molecule has 1 fully saturated rings. The molecule has 1 aliphatic heterocycles. The first-order valence-corrected chi connectivity index (χ1v) is 8.45. The van der Waals surface area contributed by atoms with E-state index in [1.807, 2.05) is 24.3 Å². The van der Waals surface area contributed by atoms with Crippen LogP contribution in [0.25, 0.3) is 0 Å². The summed E-state index contributed by atoms with van der Waals surface area (Å²) in [5.74, 6) is 1.02. The lowest BCUT2D eigenvalue weighted by Crippen LogP contribution is -2.43. The highest BCUT2D eigenvalue weighted by molar-refractivity contribution is 5.78. The molecule has 2 aliphatic rings. The molecule has 1 aromatic carbocycles. The topological polar surface area (TPSA) is 41.6 Å². The lowest BCUT2D eigenvalue weighted by atomic mass is 9.94. The number of hydrogen-bond donors (Lipinski definition) is 1. The maximum atomic E-state index is 12.4. The summed E-state index contributed by atoms with van der Waals surface area (Å²) in [5.41, 5.74) is 1.10. The second kappa shape index (κ2) is 7.14. The van der Waals surface area contributed by atoms with E-state index in [1.165, 1.54) is 32.1 Å². The number of amides is 1. The maximum Gasteiger partial charge on any atom is 0.234 e. The van der Waals surface area contributed by atoms with Gasteiger partial charge in [0.1, 0.15) is 5.75 Å². The largest absolute Gasteiger partial charge is 0.493 e. The number of rotatable bonds is 4. The number of benzene rings is 1. The molecule has 3 rings (SSSR count). The van der Waals surface area contributed by atoms with Gasteiger partial charge < -0.3 is 10.1 Å². The van der Waals surface area contributed by atoms with Crippen LogP contribution in [0.4, 0.5) is 0 Å². The van der Waals surface area contributed by atoms with Gasteiger partial charge in [0.2, 0.25) is 5.91 Å². The van der Waals surface area contributed by atoms with Gasteiger partial charge in [-0.05, 0) is 26.0 Å². The summed E-state index contributed by atoms with van der Waals surface area (Å²) in [6.45, 7) is 1.16. The van der Waals surface area contributed by atoms with Crippen LogP contribution in [0.15, 0.2) is 24.3 Å². The second-order valence-corrected chi connectivity index (χ2v) is 6.50. The van der Waals surface area contributed by atoms with E-state index in [4.69, 9.17) is 4.74 Å². The van der Waals surface area contributed by atoms with Crippen molar-refractivity contribution in [2.75, 3.05) is 20.2 Å². The van der Waals surface area contributed by atoms with E-state index in [1.54, 1.807) is 0 Å². The molecular formula is C18H26N2O2. The fourth-order valence-electron chi connectivity index (χ4n) is 3.61. The Hall–Kier alpha value is -1.55. The molecule has 1 atom stereocenters. The van der Waals surface area contributed by atoms with Crippen molar-refractivity contribution in [3.8, 4) is 5.75 Å². The van der Waals surface area contributed by atoms with Gasteiger partial charge >= 0.3 is 0 Å². The standard InChI is InChI=1S/C18H26N2O2/c1-20(14-7-3-2-4-8-14)13-18(21)19-16-11-12-22-17-10-6-5-9-15(16)17/h5-6,9-10,14,16H,2-4,7-8,11-13H2,1H3,(H,19,21). The third-order valence-electron chi connectivity index (χ3n) is 4.88. The number of fused-ring (bicyclic) bond motifs is 1. The second-order valence-electron chi connectivity index (χ2n) is 6.50. The predicted octanol–water partition coefficient (Wildman–Crippen LogP) is 2.89. The highest BCUT2D eigenvalue weighted by atomic mass is 16.5. The summed E-state index contributed by atoms with van der Waals surface area (Å²) in [5, 5.41) is 3.18. The smallest absolute Gasteiger partial charge is 0.234 e. The summed E-state index contributed by atoms with van der Waals surface area (Å²) in [7, 11) is 2.08. The average molecular weight is 302 g/mol. The number of para-hydroxylation sites is 1. The molecular weight excluding hydrogens is 276 g/mol. The molecule has 1 unspecified atom stereocenters. The van der Waals surface area contributed by atoms with Crippen LogP contribution in [0.2, 0.25) is 0 Å². The van der Waals surface area contributed by atoms with Gasteiger partial charge in [-0.1, -0.05) is 37.5 Å². The van der Waals surface area contributed by atoms with Crippen LogP contribution in [0.5, 0.6) is 5.75 Å². The Morgan fingerprint density at radius 3 is 2.82 bits per heavy atom. The molecule has 0 spiro atoms. The first kappa shape index (κ1) is 15.3. The van der Waals surface area contributed by atoms with Crippen molar-refractivity contribution in [2.45, 2.75) is 50.6 Å². The number of nitrogens with one attached hydrogen (secondary N) is 1. The number of ether oxygens (including phenoxy) is 1. The van der Waals surface area contributed by atoms with Crippen molar-refractivity contribution < 1.29 is 9.53 Å². The van der Waals surface area contributed by atoms with Crippen molar-refractivity contribution in [1.82, 2.24) is 10.2 Å². The van der Waals surface area contributed by atoms with Crippen molar-refractivity contribution in [1.29, 1.82) is 0 Å². The van der Waals surface area contributed by atoms with Crippen molar-refractivity contribution in [3.63, 3.8) is 0 Å². The zero-order valence-electron chi connectivity index (χ0n) is 13.4. The van der Waals surface area contributed by atoms with Crippen LogP contribution in [-0.2, 0) is 4.79 Å². The molecule has 120 valence electrons. The maximum absolute atomic E-state index is 12.4. The van der Waals surface area contributed by atoms with Crippen LogP contribution in [-0.4, -0.2) is 37.0 Å². The van der Waals surface area contributed by atoms with Crippen LogP contribution < -0.4 is 10.1 Å². The summed E-state index contributed by atoms with van der Waals surface area (Å²) in [6.07, 6.45) is 7.23. The Kier molecular flexibility index (Phi) is 4.98. The monoisotopic (exact) mass is 302 g/mol. The Morgan fingerprint density at radius 1 is 1.23 bits per heavy atom. The summed E-state index contributed by atoms with van der Waals surface area (Å²) in [6, 6.07) is 8.64. The Bertz CT molecular complexity index is 512. The van der Waals surface area contributed by atoms with E-state index in [9.17, 15) is 4.79 Å². The molecule has 0 radical (unpaired) electrons. The van der Waals surface area contributed by atoms with Gasteiger partial charge in [-0.3, -0.25) is 9.69 Å². The van der Waals surface area contributed by atoms with Gasteiger partial charge in [0.15, 0.2) is 0 Å². The van der Waals surface area contributed by atoms with E-state index in [-0.39, 0.29) is 11.9 Å². The van der Waals surface area contributed by atoms with Gasteiger partial charge in [-0.15, -0.1) is 0 Å². The van der Waals surface area contributed by atoms with Gasteiger partial charge in [0, 0.05) is 18.0 Å². The first-order valence-electron chi connectivity index (χ1n) is 8.45. The Morgan fingerprint density at radius 2 is 2.00 bits per heavy atom. The molecule has 1 amide bonds. The zero-order valence-corrected chi connectivity index (χ0v) is 13.4. The fraction of sp³-hybridized carbons (Fsp3) is 0.611. The quantitative estimate of drug-likeness (QED) is 0.930. The van der Waals surface area contributed by atoms with Gasteiger partial charge in [0.25, 0.3) is 0 Å². The van der Waals surface area contributed by atoms with E-state index >= 15 is 0 Å². The number of likely N-dealkylation sites (N-methyl/N-ethyl adjacent to an activating group) is 1. The average Bonchev–Trinajstić information content (AvgIpc) is 2.56. The summed E-state index contributed by atoms with van der Waals surface area (Å²) in [4.78, 5) is 14.6.